The van der Waals surface area contributed by atoms with Gasteiger partial charge < -0.3 is 5.32 Å². The number of carbonyl (C=O) groups is 1. The SMILES string of the molecule is Cc1ccc(C(=O)NC(C)c2ccncc2)cn1. The maximum atomic E-state index is 12.0. The molecule has 0 saturated carbocycles. The molecule has 4 nitrogen and oxygen atoms in total. The van der Waals surface area contributed by atoms with Crippen LogP contribution in [-0.2, 0) is 0 Å². The maximum absolute atomic E-state index is 12.0. The maximum Gasteiger partial charge on any atom is 0.253 e. The normalized spacial score (nSPS) is 11.9. The highest BCUT2D eigenvalue weighted by molar-refractivity contribution is 5.94. The molecule has 0 spiro atoms. The Balaban J connectivity index is 2.06. The molecule has 2 aromatic heterocycles. The van der Waals surface area contributed by atoms with Gasteiger partial charge in [0.2, 0.25) is 0 Å². The molecule has 0 aliphatic carbocycles. The standard InChI is InChI=1S/C14H15N3O/c1-10-3-4-13(9-16-10)14(18)17-11(2)12-5-7-15-8-6-12/h3-9,11H,1-2H3,(H,17,18). The first-order valence-corrected chi connectivity index (χ1v) is 5.80. The van der Waals surface area contributed by atoms with E-state index in [1.54, 1.807) is 24.7 Å². The smallest absolute Gasteiger partial charge is 0.253 e. The fourth-order valence-electron chi connectivity index (χ4n) is 1.62. The van der Waals surface area contributed by atoms with Crippen LogP contribution in [0.1, 0.15) is 34.6 Å². The Hall–Kier alpha value is -2.23. The van der Waals surface area contributed by atoms with Gasteiger partial charge in [-0.1, -0.05) is 0 Å². The van der Waals surface area contributed by atoms with Gasteiger partial charge in [-0.05, 0) is 43.7 Å². The minimum Gasteiger partial charge on any atom is -0.345 e. The lowest BCUT2D eigenvalue weighted by Gasteiger charge is -2.13. The predicted molar refractivity (Wildman–Crippen MR) is 69.1 cm³/mol. The van der Waals surface area contributed by atoms with E-state index in [1.165, 1.54) is 0 Å². The Labute approximate surface area is 106 Å². The molecule has 92 valence electrons. The predicted octanol–water partition coefficient (Wildman–Crippen LogP) is 2.28. The van der Waals surface area contributed by atoms with Crippen LogP contribution in [0.15, 0.2) is 42.9 Å². The summed E-state index contributed by atoms with van der Waals surface area (Å²) >= 11 is 0. The molecule has 0 bridgehead atoms. The number of nitrogens with one attached hydrogen (secondary N) is 1. The van der Waals surface area contributed by atoms with E-state index in [1.807, 2.05) is 32.0 Å². The molecule has 0 saturated heterocycles. The fourth-order valence-corrected chi connectivity index (χ4v) is 1.62. The minimum absolute atomic E-state index is 0.0539. The second-order valence-electron chi connectivity index (χ2n) is 4.16. The molecule has 1 N–H and O–H groups in total. The van der Waals surface area contributed by atoms with E-state index in [-0.39, 0.29) is 11.9 Å². The zero-order valence-electron chi connectivity index (χ0n) is 10.4. The lowest BCUT2D eigenvalue weighted by atomic mass is 10.1. The summed E-state index contributed by atoms with van der Waals surface area (Å²) in [6, 6.07) is 7.32. The first-order chi connectivity index (χ1) is 8.66. The third-order valence-electron chi connectivity index (χ3n) is 2.73. The molecule has 0 aliphatic rings. The first kappa shape index (κ1) is 12.2. The van der Waals surface area contributed by atoms with E-state index in [0.29, 0.717) is 5.56 Å². The highest BCUT2D eigenvalue weighted by Crippen LogP contribution is 2.11. The van der Waals surface area contributed by atoms with Crippen LogP contribution in [0.25, 0.3) is 0 Å². The van der Waals surface area contributed by atoms with Crippen molar-refractivity contribution in [3.63, 3.8) is 0 Å². The highest BCUT2D eigenvalue weighted by Gasteiger charge is 2.11. The Morgan fingerprint density at radius 2 is 1.94 bits per heavy atom. The molecular weight excluding hydrogens is 226 g/mol. The Kier molecular flexibility index (Phi) is 3.67. The van der Waals surface area contributed by atoms with Crippen LogP contribution in [0.5, 0.6) is 0 Å². The van der Waals surface area contributed by atoms with Crippen LogP contribution < -0.4 is 5.32 Å². The second kappa shape index (κ2) is 5.40. The number of amides is 1. The quantitative estimate of drug-likeness (QED) is 0.896. The number of nitrogens with zero attached hydrogens (tertiary/aromatic N) is 2. The third kappa shape index (κ3) is 2.91. The number of hydrogen-bond donors (Lipinski definition) is 1. The van der Waals surface area contributed by atoms with Gasteiger partial charge in [0.15, 0.2) is 0 Å². The van der Waals surface area contributed by atoms with Crippen molar-refractivity contribution in [3.8, 4) is 0 Å². The van der Waals surface area contributed by atoms with E-state index in [0.717, 1.165) is 11.3 Å². The van der Waals surface area contributed by atoms with Crippen LogP contribution in [0, 0.1) is 6.92 Å². The van der Waals surface area contributed by atoms with Crippen molar-refractivity contribution in [2.45, 2.75) is 19.9 Å². The molecule has 0 aromatic carbocycles. The molecule has 2 aromatic rings. The summed E-state index contributed by atoms with van der Waals surface area (Å²) < 4.78 is 0. The van der Waals surface area contributed by atoms with Crippen molar-refractivity contribution < 1.29 is 4.79 Å². The van der Waals surface area contributed by atoms with Crippen LogP contribution in [-0.4, -0.2) is 15.9 Å². The summed E-state index contributed by atoms with van der Waals surface area (Å²) in [4.78, 5) is 20.0. The van der Waals surface area contributed by atoms with E-state index in [2.05, 4.69) is 15.3 Å². The summed E-state index contributed by atoms with van der Waals surface area (Å²) in [5.74, 6) is -0.119. The number of pyridine rings is 2. The van der Waals surface area contributed by atoms with Crippen molar-refractivity contribution in [1.82, 2.24) is 15.3 Å². The second-order valence-corrected chi connectivity index (χ2v) is 4.16. The van der Waals surface area contributed by atoms with Gasteiger partial charge in [0.25, 0.3) is 5.91 Å². The van der Waals surface area contributed by atoms with Gasteiger partial charge in [-0.25, -0.2) is 0 Å². The van der Waals surface area contributed by atoms with E-state index >= 15 is 0 Å². The summed E-state index contributed by atoms with van der Waals surface area (Å²) in [6.45, 7) is 3.83. The van der Waals surface area contributed by atoms with Gasteiger partial charge in [-0.15, -0.1) is 0 Å². The Morgan fingerprint density at radius 3 is 2.56 bits per heavy atom. The van der Waals surface area contributed by atoms with Crippen LogP contribution in [0.2, 0.25) is 0 Å². The number of aromatic nitrogens is 2. The fraction of sp³-hybridized carbons (Fsp3) is 0.214. The third-order valence-corrected chi connectivity index (χ3v) is 2.73. The van der Waals surface area contributed by atoms with Crippen LogP contribution in [0.3, 0.4) is 0 Å². The zero-order valence-corrected chi connectivity index (χ0v) is 10.4. The molecule has 1 atom stereocenters. The van der Waals surface area contributed by atoms with Gasteiger partial charge in [-0.3, -0.25) is 14.8 Å². The average Bonchev–Trinajstić information content (AvgIpc) is 2.40. The number of aryl methyl sites for hydroxylation is 1. The molecule has 1 unspecified atom stereocenters. The Bertz CT molecular complexity index is 522. The molecule has 0 fully saturated rings. The van der Waals surface area contributed by atoms with Gasteiger partial charge in [0, 0.05) is 24.3 Å². The van der Waals surface area contributed by atoms with Gasteiger partial charge in [0.1, 0.15) is 0 Å². The van der Waals surface area contributed by atoms with Crippen molar-refractivity contribution in [2.75, 3.05) is 0 Å². The van der Waals surface area contributed by atoms with E-state index < -0.39 is 0 Å². The number of rotatable bonds is 3. The van der Waals surface area contributed by atoms with Gasteiger partial charge in [0.05, 0.1) is 11.6 Å². The minimum atomic E-state index is -0.119. The summed E-state index contributed by atoms with van der Waals surface area (Å²) in [7, 11) is 0. The highest BCUT2D eigenvalue weighted by atomic mass is 16.1. The topological polar surface area (TPSA) is 54.9 Å². The molecule has 1 amide bonds. The summed E-state index contributed by atoms with van der Waals surface area (Å²) in [5, 5.41) is 2.93. The molecule has 0 aliphatic heterocycles. The molecule has 0 radical (unpaired) electrons. The lowest BCUT2D eigenvalue weighted by Crippen LogP contribution is -2.26. The molecule has 4 heteroatoms. The van der Waals surface area contributed by atoms with Crippen molar-refractivity contribution in [2.24, 2.45) is 0 Å². The molecule has 2 heterocycles. The summed E-state index contributed by atoms with van der Waals surface area (Å²) in [6.07, 6.45) is 5.01. The van der Waals surface area contributed by atoms with Crippen molar-refractivity contribution in [1.29, 1.82) is 0 Å². The summed E-state index contributed by atoms with van der Waals surface area (Å²) in [5.41, 5.74) is 2.49. The first-order valence-electron chi connectivity index (χ1n) is 5.80. The van der Waals surface area contributed by atoms with Gasteiger partial charge in [-0.2, -0.15) is 0 Å². The van der Waals surface area contributed by atoms with Crippen LogP contribution >= 0.6 is 0 Å². The van der Waals surface area contributed by atoms with E-state index in [9.17, 15) is 4.79 Å². The average molecular weight is 241 g/mol. The largest absolute Gasteiger partial charge is 0.345 e. The van der Waals surface area contributed by atoms with Crippen LogP contribution in [0.4, 0.5) is 0 Å². The van der Waals surface area contributed by atoms with Crippen molar-refractivity contribution >= 4 is 5.91 Å². The Morgan fingerprint density at radius 1 is 1.22 bits per heavy atom. The van der Waals surface area contributed by atoms with Crippen molar-refractivity contribution in [3.05, 3.63) is 59.7 Å². The molecule has 18 heavy (non-hydrogen) atoms. The monoisotopic (exact) mass is 241 g/mol. The molecule has 2 rings (SSSR count). The lowest BCUT2D eigenvalue weighted by molar-refractivity contribution is 0.0939. The van der Waals surface area contributed by atoms with Gasteiger partial charge >= 0.3 is 0 Å². The zero-order chi connectivity index (χ0) is 13.0. The number of hydrogen-bond acceptors (Lipinski definition) is 3. The number of carbonyl (C=O) groups excluding carboxylic acids is 1. The van der Waals surface area contributed by atoms with E-state index in [4.69, 9.17) is 0 Å². The molecular formula is C14H15N3O.